The monoisotopic (exact) mass is 397 g/mol. The van der Waals surface area contributed by atoms with Crippen molar-refractivity contribution in [1.82, 2.24) is 4.98 Å². The lowest BCUT2D eigenvalue weighted by Gasteiger charge is -2.32. The zero-order valence-corrected chi connectivity index (χ0v) is 15.4. The second-order valence-corrected chi connectivity index (χ2v) is 6.97. The highest BCUT2D eigenvalue weighted by atomic mass is 35.5. The number of halogens is 4. The Bertz CT molecular complexity index is 816. The first-order valence-corrected chi connectivity index (χ1v) is 8.97. The van der Waals surface area contributed by atoms with Crippen LogP contribution >= 0.6 is 11.6 Å². The molecule has 0 aliphatic carbocycles. The number of hydrogen-bond acceptors (Lipinski definition) is 3. The van der Waals surface area contributed by atoms with Gasteiger partial charge in [0.05, 0.1) is 5.56 Å². The third kappa shape index (κ3) is 4.53. The summed E-state index contributed by atoms with van der Waals surface area (Å²) in [6.07, 6.45) is -2.34. The predicted molar refractivity (Wildman–Crippen MR) is 99.0 cm³/mol. The first kappa shape index (κ1) is 19.5. The number of carbonyl (C=O) groups excluding carboxylic acids is 1. The van der Waals surface area contributed by atoms with Crippen LogP contribution in [-0.2, 0) is 11.0 Å². The van der Waals surface area contributed by atoms with E-state index in [1.807, 2.05) is 11.8 Å². The minimum Gasteiger partial charge on any atom is -0.357 e. The Morgan fingerprint density at radius 1 is 1.22 bits per heavy atom. The van der Waals surface area contributed by atoms with Gasteiger partial charge in [0, 0.05) is 35.9 Å². The number of anilines is 2. The summed E-state index contributed by atoms with van der Waals surface area (Å²) in [6.45, 7) is 2.97. The van der Waals surface area contributed by atoms with Crippen molar-refractivity contribution in [1.29, 1.82) is 0 Å². The van der Waals surface area contributed by atoms with Gasteiger partial charge in [0.25, 0.3) is 0 Å². The Morgan fingerprint density at radius 3 is 2.52 bits per heavy atom. The van der Waals surface area contributed by atoms with Crippen LogP contribution in [0.3, 0.4) is 0 Å². The van der Waals surface area contributed by atoms with E-state index in [-0.39, 0.29) is 11.8 Å². The number of nitrogens with zero attached hydrogens (tertiary/aromatic N) is 2. The molecule has 144 valence electrons. The lowest BCUT2D eigenvalue weighted by Crippen LogP contribution is -2.38. The molecular weight excluding hydrogens is 379 g/mol. The Morgan fingerprint density at radius 2 is 1.93 bits per heavy atom. The largest absolute Gasteiger partial charge is 0.417 e. The van der Waals surface area contributed by atoms with Crippen LogP contribution in [0.5, 0.6) is 0 Å². The average molecular weight is 398 g/mol. The maximum absolute atomic E-state index is 12.6. The Hall–Kier alpha value is -2.28. The molecule has 0 saturated carbocycles. The van der Waals surface area contributed by atoms with Gasteiger partial charge in [-0.1, -0.05) is 17.7 Å². The van der Waals surface area contributed by atoms with Crippen molar-refractivity contribution in [2.75, 3.05) is 23.3 Å². The maximum Gasteiger partial charge on any atom is 0.417 e. The molecule has 1 fully saturated rings. The maximum atomic E-state index is 12.6. The topological polar surface area (TPSA) is 45.2 Å². The molecule has 2 aromatic rings. The van der Waals surface area contributed by atoms with E-state index in [2.05, 4.69) is 10.3 Å². The molecule has 1 N–H and O–H groups in total. The number of piperidine rings is 1. The number of alkyl halides is 3. The molecule has 0 radical (unpaired) electrons. The molecule has 1 aromatic carbocycles. The standard InChI is InChI=1S/C19H19ClF3N3O/c1-12-15(20)3-2-4-16(12)25-18(27)13-7-9-26(10-8-13)17-6-5-14(11-24-17)19(21,22)23/h2-6,11,13H,7-10H2,1H3,(H,25,27). The number of nitrogens with one attached hydrogen (secondary N) is 1. The number of benzene rings is 1. The Balaban J connectivity index is 1.58. The fourth-order valence-corrected chi connectivity index (χ4v) is 3.26. The smallest absolute Gasteiger partial charge is 0.357 e. The van der Waals surface area contributed by atoms with Crippen LogP contribution in [0.1, 0.15) is 24.0 Å². The number of rotatable bonds is 3. The lowest BCUT2D eigenvalue weighted by atomic mass is 9.95. The van der Waals surface area contributed by atoms with Crippen molar-refractivity contribution >= 4 is 29.0 Å². The first-order valence-electron chi connectivity index (χ1n) is 8.60. The van der Waals surface area contributed by atoms with E-state index in [0.29, 0.717) is 42.5 Å². The minimum absolute atomic E-state index is 0.0691. The number of carbonyl (C=O) groups is 1. The highest BCUT2D eigenvalue weighted by Crippen LogP contribution is 2.30. The summed E-state index contributed by atoms with van der Waals surface area (Å²) in [5.74, 6) is 0.266. The van der Waals surface area contributed by atoms with E-state index in [9.17, 15) is 18.0 Å². The second kappa shape index (κ2) is 7.76. The van der Waals surface area contributed by atoms with Crippen molar-refractivity contribution in [2.45, 2.75) is 25.9 Å². The van der Waals surface area contributed by atoms with E-state index in [4.69, 9.17) is 11.6 Å². The SMILES string of the molecule is Cc1c(Cl)cccc1NC(=O)C1CCN(c2ccc(C(F)(F)F)cn2)CC1. The summed E-state index contributed by atoms with van der Waals surface area (Å²) < 4.78 is 37.9. The third-order valence-corrected chi connectivity index (χ3v) is 5.20. The second-order valence-electron chi connectivity index (χ2n) is 6.57. The quantitative estimate of drug-likeness (QED) is 0.799. The number of pyridine rings is 1. The molecule has 4 nitrogen and oxygen atoms in total. The van der Waals surface area contributed by atoms with E-state index in [1.165, 1.54) is 6.07 Å². The minimum atomic E-state index is -4.39. The van der Waals surface area contributed by atoms with Crippen LogP contribution in [0.4, 0.5) is 24.7 Å². The van der Waals surface area contributed by atoms with Crippen molar-refractivity contribution in [3.8, 4) is 0 Å². The molecule has 3 rings (SSSR count). The number of aromatic nitrogens is 1. The lowest BCUT2D eigenvalue weighted by molar-refractivity contribution is -0.137. The molecule has 0 unspecified atom stereocenters. The van der Waals surface area contributed by atoms with Gasteiger partial charge < -0.3 is 10.2 Å². The van der Waals surface area contributed by atoms with E-state index >= 15 is 0 Å². The highest BCUT2D eigenvalue weighted by molar-refractivity contribution is 6.31. The molecular formula is C19H19ClF3N3O. The van der Waals surface area contributed by atoms with Gasteiger partial charge >= 0.3 is 6.18 Å². The molecule has 1 aromatic heterocycles. The van der Waals surface area contributed by atoms with Crippen LogP contribution in [0, 0.1) is 12.8 Å². The molecule has 8 heteroatoms. The first-order chi connectivity index (χ1) is 12.8. The van der Waals surface area contributed by atoms with E-state index < -0.39 is 11.7 Å². The van der Waals surface area contributed by atoms with Crippen LogP contribution in [-0.4, -0.2) is 24.0 Å². The zero-order chi connectivity index (χ0) is 19.6. The van der Waals surface area contributed by atoms with Gasteiger partial charge in [-0.2, -0.15) is 13.2 Å². The Labute approximate surface area is 160 Å². The van der Waals surface area contributed by atoms with Gasteiger partial charge in [0.2, 0.25) is 5.91 Å². The van der Waals surface area contributed by atoms with E-state index in [0.717, 1.165) is 17.8 Å². The fraction of sp³-hybridized carbons (Fsp3) is 0.368. The van der Waals surface area contributed by atoms with Crippen molar-refractivity contribution in [3.63, 3.8) is 0 Å². The summed E-state index contributed by atoms with van der Waals surface area (Å²) >= 11 is 6.07. The summed E-state index contributed by atoms with van der Waals surface area (Å²) in [5.41, 5.74) is 0.746. The van der Waals surface area contributed by atoms with Crippen molar-refractivity contribution < 1.29 is 18.0 Å². The zero-order valence-electron chi connectivity index (χ0n) is 14.7. The molecule has 0 spiro atoms. The van der Waals surface area contributed by atoms with Gasteiger partial charge in [0.15, 0.2) is 0 Å². The van der Waals surface area contributed by atoms with E-state index in [1.54, 1.807) is 18.2 Å². The van der Waals surface area contributed by atoms with Gasteiger partial charge in [-0.3, -0.25) is 4.79 Å². The van der Waals surface area contributed by atoms with Crippen molar-refractivity contribution in [2.24, 2.45) is 5.92 Å². The molecule has 0 atom stereocenters. The molecule has 27 heavy (non-hydrogen) atoms. The normalized spacial score (nSPS) is 15.7. The van der Waals surface area contributed by atoms with Crippen LogP contribution in [0.2, 0.25) is 5.02 Å². The molecule has 1 amide bonds. The molecule has 1 aliphatic heterocycles. The molecule has 2 heterocycles. The fourth-order valence-electron chi connectivity index (χ4n) is 3.09. The molecule has 1 saturated heterocycles. The number of hydrogen-bond donors (Lipinski definition) is 1. The summed E-state index contributed by atoms with van der Waals surface area (Å²) in [4.78, 5) is 18.3. The summed E-state index contributed by atoms with van der Waals surface area (Å²) in [6, 6.07) is 7.76. The number of amides is 1. The third-order valence-electron chi connectivity index (χ3n) is 4.79. The molecule has 1 aliphatic rings. The summed E-state index contributed by atoms with van der Waals surface area (Å²) in [7, 11) is 0. The van der Waals surface area contributed by atoms with Crippen LogP contribution in [0.15, 0.2) is 36.5 Å². The van der Waals surface area contributed by atoms with Crippen LogP contribution < -0.4 is 10.2 Å². The van der Waals surface area contributed by atoms with Gasteiger partial charge in [-0.15, -0.1) is 0 Å². The summed E-state index contributed by atoms with van der Waals surface area (Å²) in [5, 5.41) is 3.51. The predicted octanol–water partition coefficient (Wildman–Crippen LogP) is 4.92. The highest BCUT2D eigenvalue weighted by Gasteiger charge is 2.31. The molecule has 0 bridgehead atoms. The van der Waals surface area contributed by atoms with Gasteiger partial charge in [-0.25, -0.2) is 4.98 Å². The Kier molecular flexibility index (Phi) is 5.60. The van der Waals surface area contributed by atoms with Gasteiger partial charge in [0.1, 0.15) is 5.82 Å². The average Bonchev–Trinajstić information content (AvgIpc) is 2.65. The van der Waals surface area contributed by atoms with Gasteiger partial charge in [-0.05, 0) is 49.6 Å². The van der Waals surface area contributed by atoms with Crippen LogP contribution in [0.25, 0.3) is 0 Å². The van der Waals surface area contributed by atoms with Crippen molar-refractivity contribution in [3.05, 3.63) is 52.7 Å².